The molecule has 1 aliphatic heterocycles. The highest BCUT2D eigenvalue weighted by molar-refractivity contribution is 7.71. The molecule has 0 saturated carbocycles. The molecule has 2 heterocycles. The maximum atomic E-state index is 12.8. The Morgan fingerprint density at radius 2 is 1.66 bits per heavy atom. The highest BCUT2D eigenvalue weighted by Crippen LogP contribution is 2.30. The van der Waals surface area contributed by atoms with Gasteiger partial charge in [0.25, 0.3) is 5.56 Å². The largest absolute Gasteiger partial charge is 0.456 e. The number of aromatic nitrogens is 3. The van der Waals surface area contributed by atoms with Crippen LogP contribution in [0.3, 0.4) is 0 Å². The Kier molecular flexibility index (Phi) is 8.25. The molecule has 35 heavy (non-hydrogen) atoms. The van der Waals surface area contributed by atoms with Gasteiger partial charge in [0.2, 0.25) is 4.77 Å². The maximum absolute atomic E-state index is 12.8. The molecule has 1 fully saturated rings. The zero-order valence-electron chi connectivity index (χ0n) is 19.0. The normalized spacial score (nSPS) is 21.7. The van der Waals surface area contributed by atoms with Gasteiger partial charge in [0.05, 0.1) is 6.61 Å². The smallest absolute Gasteiger partial charge is 0.303 e. The maximum Gasteiger partial charge on any atom is 0.303 e. The van der Waals surface area contributed by atoms with Crippen LogP contribution >= 0.6 is 23.8 Å². The van der Waals surface area contributed by atoms with E-state index in [0.717, 1.165) is 24.1 Å². The van der Waals surface area contributed by atoms with E-state index in [1.54, 1.807) is 24.3 Å². The third kappa shape index (κ3) is 6.24. The number of benzene rings is 1. The number of ether oxygens (including phenoxy) is 4. The minimum absolute atomic E-state index is 0.0137. The van der Waals surface area contributed by atoms with Crippen LogP contribution in [0.5, 0.6) is 0 Å². The van der Waals surface area contributed by atoms with Gasteiger partial charge in [-0.3, -0.25) is 19.2 Å². The van der Waals surface area contributed by atoms with Crippen molar-refractivity contribution in [3.8, 4) is 0 Å². The molecule has 4 unspecified atom stereocenters. The van der Waals surface area contributed by atoms with Gasteiger partial charge >= 0.3 is 17.9 Å². The predicted octanol–water partition coefficient (Wildman–Crippen LogP) is 1.06. The van der Waals surface area contributed by atoms with Gasteiger partial charge < -0.3 is 24.8 Å². The molecule has 3 rings (SSSR count). The van der Waals surface area contributed by atoms with E-state index in [2.05, 4.69) is 5.10 Å². The monoisotopic (exact) mass is 526 g/mol. The van der Waals surface area contributed by atoms with Gasteiger partial charge in [-0.25, -0.2) is 4.68 Å². The highest BCUT2D eigenvalue weighted by Gasteiger charge is 2.48. The summed E-state index contributed by atoms with van der Waals surface area (Å²) in [7, 11) is 0. The lowest BCUT2D eigenvalue weighted by Gasteiger charge is -2.40. The molecule has 0 bridgehead atoms. The molecule has 188 valence electrons. The van der Waals surface area contributed by atoms with Crippen LogP contribution in [0.4, 0.5) is 0 Å². The van der Waals surface area contributed by atoms with Crippen molar-refractivity contribution in [2.75, 3.05) is 12.4 Å². The minimum atomic E-state index is -1.34. The van der Waals surface area contributed by atoms with Crippen LogP contribution < -0.4 is 11.4 Å². The molecule has 1 aliphatic rings. The van der Waals surface area contributed by atoms with E-state index in [1.165, 1.54) is 6.92 Å². The molecule has 1 aromatic carbocycles. The first-order valence-electron chi connectivity index (χ1n) is 10.4. The van der Waals surface area contributed by atoms with Gasteiger partial charge in [-0.15, -0.1) is 0 Å². The van der Waals surface area contributed by atoms with Crippen molar-refractivity contribution in [2.24, 2.45) is 0 Å². The summed E-state index contributed by atoms with van der Waals surface area (Å²) >= 11 is 11.2. The van der Waals surface area contributed by atoms with Crippen LogP contribution in [0.1, 0.15) is 38.3 Å². The Hall–Kier alpha value is -3.29. The molecular formula is C21H23ClN4O8S. The molecule has 0 amide bonds. The van der Waals surface area contributed by atoms with Gasteiger partial charge in [-0.2, -0.15) is 9.77 Å². The van der Waals surface area contributed by atoms with Gasteiger partial charge in [0, 0.05) is 32.2 Å². The van der Waals surface area contributed by atoms with E-state index >= 15 is 0 Å². The summed E-state index contributed by atoms with van der Waals surface area (Å²) in [5.74, 6) is 3.81. The fourth-order valence-electron chi connectivity index (χ4n) is 3.56. The Labute approximate surface area is 209 Å². The second-order valence-electron chi connectivity index (χ2n) is 7.67. The Bertz CT molecular complexity index is 1250. The first kappa shape index (κ1) is 26.3. The molecule has 1 aromatic heterocycles. The zero-order valence-corrected chi connectivity index (χ0v) is 20.6. The van der Waals surface area contributed by atoms with Gasteiger partial charge in [0.1, 0.15) is 5.69 Å². The number of esters is 3. The van der Waals surface area contributed by atoms with Crippen molar-refractivity contribution >= 4 is 41.7 Å². The van der Waals surface area contributed by atoms with Crippen LogP contribution in [0, 0.1) is 4.77 Å². The molecule has 2 aromatic rings. The van der Waals surface area contributed by atoms with Crippen LogP contribution in [0.15, 0.2) is 29.1 Å². The minimum Gasteiger partial charge on any atom is -0.456 e. The fraction of sp³-hybridized carbons (Fsp3) is 0.429. The Morgan fingerprint density at radius 3 is 2.23 bits per heavy atom. The summed E-state index contributed by atoms with van der Waals surface area (Å²) < 4.78 is 23.3. The van der Waals surface area contributed by atoms with E-state index in [9.17, 15) is 19.2 Å². The molecule has 0 spiro atoms. The summed E-state index contributed by atoms with van der Waals surface area (Å²) in [6, 6.07) is 6.76. The SMILES string of the molecule is CC(=O)OC1COC(n2nc(Cc3ccc(Cl)cc3)c(=O)n(N)c2=S)C(OC(C)=O)C1OC(C)=O. The molecule has 14 heteroatoms. The van der Waals surface area contributed by atoms with Crippen molar-refractivity contribution in [2.45, 2.75) is 51.7 Å². The van der Waals surface area contributed by atoms with Crippen LogP contribution in [-0.4, -0.2) is 57.3 Å². The van der Waals surface area contributed by atoms with Crippen LogP contribution in [0.2, 0.25) is 5.02 Å². The molecule has 4 atom stereocenters. The van der Waals surface area contributed by atoms with E-state index in [-0.39, 0.29) is 23.5 Å². The molecule has 1 saturated heterocycles. The average Bonchev–Trinajstić information content (AvgIpc) is 2.77. The number of carbonyl (C=O) groups excluding carboxylic acids is 3. The van der Waals surface area contributed by atoms with Crippen LogP contribution in [0.25, 0.3) is 0 Å². The van der Waals surface area contributed by atoms with E-state index < -0.39 is 48.0 Å². The summed E-state index contributed by atoms with van der Waals surface area (Å²) in [6.07, 6.45) is -4.85. The summed E-state index contributed by atoms with van der Waals surface area (Å²) in [4.78, 5) is 48.1. The van der Waals surface area contributed by atoms with Crippen molar-refractivity contribution in [1.29, 1.82) is 0 Å². The summed E-state index contributed by atoms with van der Waals surface area (Å²) in [5, 5.41) is 4.85. The molecular weight excluding hydrogens is 504 g/mol. The number of halogens is 1. The zero-order chi connectivity index (χ0) is 25.9. The summed E-state index contributed by atoms with van der Waals surface area (Å²) in [5.41, 5.74) is 0.0894. The number of hydrogen-bond donors (Lipinski definition) is 1. The lowest BCUT2D eigenvalue weighted by atomic mass is 10.0. The first-order valence-corrected chi connectivity index (χ1v) is 11.1. The number of carbonyl (C=O) groups is 3. The number of hydrogen-bond acceptors (Lipinski definition) is 11. The lowest BCUT2D eigenvalue weighted by molar-refractivity contribution is -0.242. The molecule has 0 radical (unpaired) electrons. The average molecular weight is 527 g/mol. The van der Waals surface area contributed by atoms with Crippen molar-refractivity contribution in [3.63, 3.8) is 0 Å². The molecule has 12 nitrogen and oxygen atoms in total. The Balaban J connectivity index is 2.08. The topological polar surface area (TPSA) is 154 Å². The van der Waals surface area contributed by atoms with Gasteiger partial charge in [0.15, 0.2) is 24.5 Å². The van der Waals surface area contributed by atoms with E-state index in [4.69, 9.17) is 48.6 Å². The second kappa shape index (κ2) is 11.0. The van der Waals surface area contributed by atoms with Gasteiger partial charge in [-0.1, -0.05) is 23.7 Å². The van der Waals surface area contributed by atoms with Crippen molar-refractivity contribution < 1.29 is 33.3 Å². The number of nitrogens with two attached hydrogens (primary N) is 1. The van der Waals surface area contributed by atoms with Crippen LogP contribution in [-0.2, 0) is 39.8 Å². The lowest BCUT2D eigenvalue weighted by Crippen LogP contribution is -2.56. The first-order chi connectivity index (χ1) is 16.5. The van der Waals surface area contributed by atoms with Gasteiger partial charge in [-0.05, 0) is 29.9 Å². The molecule has 0 aliphatic carbocycles. The third-order valence-corrected chi connectivity index (χ3v) is 5.58. The number of nitrogen functional groups attached to an aromatic ring is 1. The summed E-state index contributed by atoms with van der Waals surface area (Å²) in [6.45, 7) is 3.20. The number of nitrogens with zero attached hydrogens (tertiary/aromatic N) is 3. The quantitative estimate of drug-likeness (QED) is 0.248. The van der Waals surface area contributed by atoms with Crippen molar-refractivity contribution in [1.82, 2.24) is 14.5 Å². The van der Waals surface area contributed by atoms with Crippen molar-refractivity contribution in [3.05, 3.63) is 55.7 Å². The van der Waals surface area contributed by atoms with E-state index in [1.807, 2.05) is 0 Å². The number of rotatable bonds is 6. The Morgan fingerprint density at radius 1 is 1.09 bits per heavy atom. The van der Waals surface area contributed by atoms with E-state index in [0.29, 0.717) is 9.70 Å². The molecule has 2 N–H and O–H groups in total. The standard InChI is InChI=1S/C21H23ClN4O8S/c1-10(27)32-16-9-31-20(18(34-12(3)29)17(16)33-11(2)28)26-21(35)25(23)19(30)15(24-26)8-13-4-6-14(22)7-5-13/h4-7,16-18,20H,8-9,23H2,1-3H3. The fourth-order valence-corrected chi connectivity index (χ4v) is 3.91. The third-order valence-electron chi connectivity index (χ3n) is 4.95. The predicted molar refractivity (Wildman–Crippen MR) is 123 cm³/mol. The highest BCUT2D eigenvalue weighted by atomic mass is 35.5. The second-order valence-corrected chi connectivity index (χ2v) is 8.47.